The van der Waals surface area contributed by atoms with Gasteiger partial charge in [-0.25, -0.2) is 4.79 Å². The number of hydrogen-bond donors (Lipinski definition) is 1. The molecule has 3 nitrogen and oxygen atoms in total. The molecule has 0 bridgehead atoms. The number of carboxylic acid groups (broad SMARTS) is 1. The largest absolute Gasteiger partial charge is 0.479 e. The molecule has 3 heteroatoms. The number of hydrogen-bond acceptors (Lipinski definition) is 2. The standard InChI is InChI=1S/C15H14O3/c1-11(15(16)17)18-14-9-7-13(8-10-14)12-5-3-2-4-6-12/h2-11H,1H3,(H,16,17)/t11-/m0/s1. The third-order valence-corrected chi connectivity index (χ3v) is 2.62. The highest BCUT2D eigenvalue weighted by Crippen LogP contribution is 2.22. The van der Waals surface area contributed by atoms with Crippen molar-refractivity contribution in [3.8, 4) is 16.9 Å². The van der Waals surface area contributed by atoms with Crippen LogP contribution in [0.15, 0.2) is 54.6 Å². The number of ether oxygens (including phenoxy) is 1. The average Bonchev–Trinajstić information content (AvgIpc) is 2.40. The maximum Gasteiger partial charge on any atom is 0.344 e. The van der Waals surface area contributed by atoms with Crippen molar-refractivity contribution in [3.05, 3.63) is 54.6 Å². The molecule has 0 radical (unpaired) electrons. The summed E-state index contributed by atoms with van der Waals surface area (Å²) in [6, 6.07) is 17.4. The smallest absolute Gasteiger partial charge is 0.344 e. The molecule has 0 aromatic heterocycles. The zero-order chi connectivity index (χ0) is 13.0. The lowest BCUT2D eigenvalue weighted by atomic mass is 10.1. The Bertz CT molecular complexity index is 517. The van der Waals surface area contributed by atoms with Crippen molar-refractivity contribution in [1.82, 2.24) is 0 Å². The molecule has 0 heterocycles. The third kappa shape index (κ3) is 2.88. The molecule has 0 saturated heterocycles. The van der Waals surface area contributed by atoms with Crippen molar-refractivity contribution >= 4 is 5.97 Å². The second-order valence-corrected chi connectivity index (χ2v) is 3.99. The van der Waals surface area contributed by atoms with E-state index < -0.39 is 12.1 Å². The minimum Gasteiger partial charge on any atom is -0.479 e. The van der Waals surface area contributed by atoms with Gasteiger partial charge in [-0.3, -0.25) is 0 Å². The van der Waals surface area contributed by atoms with Gasteiger partial charge in [-0.15, -0.1) is 0 Å². The first-order chi connectivity index (χ1) is 8.66. The predicted octanol–water partition coefficient (Wildman–Crippen LogP) is 3.21. The van der Waals surface area contributed by atoms with Crippen LogP contribution >= 0.6 is 0 Å². The fourth-order valence-electron chi connectivity index (χ4n) is 1.61. The van der Waals surface area contributed by atoms with E-state index in [0.717, 1.165) is 11.1 Å². The molecule has 1 N–H and O–H groups in total. The number of carboxylic acids is 1. The average molecular weight is 242 g/mol. The topological polar surface area (TPSA) is 46.5 Å². The van der Waals surface area contributed by atoms with E-state index in [-0.39, 0.29) is 0 Å². The molecule has 0 aliphatic rings. The van der Waals surface area contributed by atoms with Crippen molar-refractivity contribution in [2.24, 2.45) is 0 Å². The highest BCUT2D eigenvalue weighted by Gasteiger charge is 2.11. The third-order valence-electron chi connectivity index (χ3n) is 2.62. The molecule has 92 valence electrons. The molecule has 0 aliphatic carbocycles. The molecule has 2 aromatic rings. The lowest BCUT2D eigenvalue weighted by Crippen LogP contribution is -2.22. The van der Waals surface area contributed by atoms with Crippen LogP contribution in [0.25, 0.3) is 11.1 Å². The first-order valence-corrected chi connectivity index (χ1v) is 5.72. The normalized spacial score (nSPS) is 11.8. The van der Waals surface area contributed by atoms with Crippen LogP contribution in [-0.2, 0) is 4.79 Å². The van der Waals surface area contributed by atoms with Gasteiger partial charge in [0.15, 0.2) is 6.10 Å². The Morgan fingerprint density at radius 3 is 2.11 bits per heavy atom. The summed E-state index contributed by atoms with van der Waals surface area (Å²) in [6.07, 6.45) is -0.840. The number of carbonyl (C=O) groups is 1. The minimum atomic E-state index is -0.970. The molecule has 1 atom stereocenters. The van der Waals surface area contributed by atoms with E-state index in [2.05, 4.69) is 0 Å². The minimum absolute atomic E-state index is 0.560. The van der Waals surface area contributed by atoms with Crippen molar-refractivity contribution in [2.75, 3.05) is 0 Å². The lowest BCUT2D eigenvalue weighted by Gasteiger charge is -2.10. The quantitative estimate of drug-likeness (QED) is 0.895. The van der Waals surface area contributed by atoms with Crippen LogP contribution in [0.1, 0.15) is 6.92 Å². The summed E-state index contributed by atoms with van der Waals surface area (Å²) in [7, 11) is 0. The zero-order valence-corrected chi connectivity index (χ0v) is 10.0. The molecular formula is C15H14O3. The second-order valence-electron chi connectivity index (χ2n) is 3.99. The van der Waals surface area contributed by atoms with Crippen LogP contribution in [0.2, 0.25) is 0 Å². The maximum atomic E-state index is 10.7. The summed E-state index contributed by atoms with van der Waals surface area (Å²) < 4.78 is 5.27. The van der Waals surface area contributed by atoms with Gasteiger partial charge in [0.2, 0.25) is 0 Å². The molecule has 0 aliphatic heterocycles. The van der Waals surface area contributed by atoms with Gasteiger partial charge < -0.3 is 9.84 Å². The Hall–Kier alpha value is -2.29. The Balaban J connectivity index is 2.13. The van der Waals surface area contributed by atoms with Gasteiger partial charge in [0.25, 0.3) is 0 Å². The maximum absolute atomic E-state index is 10.7. The highest BCUT2D eigenvalue weighted by atomic mass is 16.5. The molecule has 2 aromatic carbocycles. The van der Waals surface area contributed by atoms with Crippen LogP contribution in [0.5, 0.6) is 5.75 Å². The van der Waals surface area contributed by atoms with Crippen molar-refractivity contribution in [1.29, 1.82) is 0 Å². The van der Waals surface area contributed by atoms with E-state index in [4.69, 9.17) is 9.84 Å². The molecule has 0 saturated carbocycles. The summed E-state index contributed by atoms with van der Waals surface area (Å²) in [5, 5.41) is 8.75. The Labute approximate surface area is 106 Å². The van der Waals surface area contributed by atoms with Crippen LogP contribution in [0, 0.1) is 0 Å². The van der Waals surface area contributed by atoms with E-state index in [1.807, 2.05) is 42.5 Å². The van der Waals surface area contributed by atoms with Crippen molar-refractivity contribution in [2.45, 2.75) is 13.0 Å². The van der Waals surface area contributed by atoms with Crippen LogP contribution in [-0.4, -0.2) is 17.2 Å². The molecule has 0 spiro atoms. The number of aliphatic carboxylic acids is 1. The number of rotatable bonds is 4. The number of benzene rings is 2. The van der Waals surface area contributed by atoms with Gasteiger partial charge in [0.05, 0.1) is 0 Å². The fourth-order valence-corrected chi connectivity index (χ4v) is 1.61. The summed E-state index contributed by atoms with van der Waals surface area (Å²) in [5.41, 5.74) is 2.20. The summed E-state index contributed by atoms with van der Waals surface area (Å²) >= 11 is 0. The summed E-state index contributed by atoms with van der Waals surface area (Å²) in [4.78, 5) is 10.7. The Kier molecular flexibility index (Phi) is 3.63. The molecule has 2 rings (SSSR count). The first-order valence-electron chi connectivity index (χ1n) is 5.72. The molecule has 0 fully saturated rings. The molecule has 18 heavy (non-hydrogen) atoms. The van der Waals surface area contributed by atoms with Gasteiger partial charge in [-0.05, 0) is 30.2 Å². The van der Waals surface area contributed by atoms with Crippen molar-refractivity contribution in [3.63, 3.8) is 0 Å². The molecular weight excluding hydrogens is 228 g/mol. The van der Waals surface area contributed by atoms with E-state index in [1.165, 1.54) is 6.92 Å². The van der Waals surface area contributed by atoms with Gasteiger partial charge >= 0.3 is 5.97 Å². The monoisotopic (exact) mass is 242 g/mol. The van der Waals surface area contributed by atoms with Crippen LogP contribution in [0.4, 0.5) is 0 Å². The fraction of sp³-hybridized carbons (Fsp3) is 0.133. The summed E-state index contributed by atoms with van der Waals surface area (Å²) in [6.45, 7) is 1.51. The van der Waals surface area contributed by atoms with E-state index in [9.17, 15) is 4.79 Å². The van der Waals surface area contributed by atoms with Gasteiger partial charge in [-0.2, -0.15) is 0 Å². The Morgan fingerprint density at radius 1 is 1.00 bits per heavy atom. The SMILES string of the molecule is C[C@H](Oc1ccc(-c2ccccc2)cc1)C(=O)O. The van der Waals surface area contributed by atoms with Crippen LogP contribution < -0.4 is 4.74 Å². The lowest BCUT2D eigenvalue weighted by molar-refractivity contribution is -0.144. The molecule has 0 unspecified atom stereocenters. The Morgan fingerprint density at radius 2 is 1.56 bits per heavy atom. The second kappa shape index (κ2) is 5.36. The van der Waals surface area contributed by atoms with E-state index >= 15 is 0 Å². The van der Waals surface area contributed by atoms with Crippen LogP contribution in [0.3, 0.4) is 0 Å². The molecule has 0 amide bonds. The van der Waals surface area contributed by atoms with Gasteiger partial charge in [-0.1, -0.05) is 42.5 Å². The van der Waals surface area contributed by atoms with Crippen molar-refractivity contribution < 1.29 is 14.6 Å². The van der Waals surface area contributed by atoms with E-state index in [0.29, 0.717) is 5.75 Å². The van der Waals surface area contributed by atoms with Gasteiger partial charge in [0.1, 0.15) is 5.75 Å². The van der Waals surface area contributed by atoms with E-state index in [1.54, 1.807) is 12.1 Å². The first kappa shape index (κ1) is 12.2. The predicted molar refractivity (Wildman–Crippen MR) is 69.6 cm³/mol. The summed E-state index contributed by atoms with van der Waals surface area (Å²) in [5.74, 6) is -0.410. The highest BCUT2D eigenvalue weighted by molar-refractivity contribution is 5.72. The zero-order valence-electron chi connectivity index (χ0n) is 10.0. The van der Waals surface area contributed by atoms with Gasteiger partial charge in [0, 0.05) is 0 Å².